The van der Waals surface area contributed by atoms with Crippen molar-refractivity contribution in [2.45, 2.75) is 13.0 Å². The number of hydrogen-bond donors (Lipinski definition) is 2. The van der Waals surface area contributed by atoms with Gasteiger partial charge in [-0.3, -0.25) is 4.79 Å². The van der Waals surface area contributed by atoms with Crippen LogP contribution in [0.5, 0.6) is 0 Å². The highest BCUT2D eigenvalue weighted by molar-refractivity contribution is 5.92. The molecule has 0 saturated carbocycles. The number of hydrogen-bond acceptors (Lipinski definition) is 3. The zero-order valence-corrected chi connectivity index (χ0v) is 10.4. The van der Waals surface area contributed by atoms with E-state index in [1.807, 2.05) is 0 Å². The summed E-state index contributed by atoms with van der Waals surface area (Å²) in [5.74, 6) is -0.687. The van der Waals surface area contributed by atoms with Gasteiger partial charge in [0.05, 0.1) is 11.8 Å². The molecule has 1 unspecified atom stereocenters. The van der Waals surface area contributed by atoms with E-state index in [-0.39, 0.29) is 24.0 Å². The number of aliphatic hydroxyl groups excluding tert-OH is 1. The Morgan fingerprint density at radius 1 is 1.42 bits per heavy atom. The number of nitrogens with zero attached hydrogens (tertiary/aromatic N) is 2. The van der Waals surface area contributed by atoms with E-state index in [2.05, 4.69) is 10.4 Å². The first-order valence-corrected chi connectivity index (χ1v) is 5.84. The van der Waals surface area contributed by atoms with Crippen LogP contribution in [0.4, 0.5) is 4.39 Å². The van der Waals surface area contributed by atoms with Gasteiger partial charge >= 0.3 is 0 Å². The van der Waals surface area contributed by atoms with Crippen LogP contribution in [-0.2, 0) is 0 Å². The van der Waals surface area contributed by atoms with Crippen LogP contribution in [0.3, 0.4) is 0 Å². The Kier molecular flexibility index (Phi) is 3.91. The summed E-state index contributed by atoms with van der Waals surface area (Å²) in [6.45, 7) is 1.75. The Balaban J connectivity index is 2.10. The monoisotopic (exact) mass is 263 g/mol. The van der Waals surface area contributed by atoms with Gasteiger partial charge in [-0.25, -0.2) is 9.07 Å². The number of halogens is 1. The molecular weight excluding hydrogens is 249 g/mol. The van der Waals surface area contributed by atoms with Crippen molar-refractivity contribution >= 4 is 5.91 Å². The van der Waals surface area contributed by atoms with Gasteiger partial charge in [-0.05, 0) is 37.3 Å². The number of aliphatic hydroxyl groups is 1. The van der Waals surface area contributed by atoms with Crippen molar-refractivity contribution < 1.29 is 14.3 Å². The van der Waals surface area contributed by atoms with Gasteiger partial charge in [0.2, 0.25) is 0 Å². The minimum Gasteiger partial charge on any atom is -0.392 e. The number of carbonyl (C=O) groups is 1. The molecule has 0 aliphatic rings. The Hall–Kier alpha value is -2.21. The first-order valence-electron chi connectivity index (χ1n) is 5.84. The summed E-state index contributed by atoms with van der Waals surface area (Å²) in [5.41, 5.74) is 0.904. The lowest BCUT2D eigenvalue weighted by Crippen LogP contribution is -2.30. The number of aromatic nitrogens is 2. The summed E-state index contributed by atoms with van der Waals surface area (Å²) >= 11 is 0. The van der Waals surface area contributed by atoms with Gasteiger partial charge in [-0.1, -0.05) is 0 Å². The van der Waals surface area contributed by atoms with E-state index in [0.717, 1.165) is 0 Å². The van der Waals surface area contributed by atoms with Crippen molar-refractivity contribution in [2.75, 3.05) is 6.54 Å². The molecule has 6 heteroatoms. The molecule has 0 fully saturated rings. The van der Waals surface area contributed by atoms with Gasteiger partial charge in [-0.15, -0.1) is 0 Å². The predicted octanol–water partition coefficient (Wildman–Crippen LogP) is 1.12. The van der Waals surface area contributed by atoms with E-state index in [4.69, 9.17) is 5.11 Å². The van der Waals surface area contributed by atoms with Gasteiger partial charge in [0.25, 0.3) is 5.91 Å². The van der Waals surface area contributed by atoms with Crippen LogP contribution >= 0.6 is 0 Å². The van der Waals surface area contributed by atoms with Crippen LogP contribution in [-0.4, -0.2) is 33.4 Å². The maximum atomic E-state index is 12.8. The summed E-state index contributed by atoms with van der Waals surface area (Å²) in [4.78, 5) is 11.7. The van der Waals surface area contributed by atoms with E-state index in [9.17, 15) is 9.18 Å². The van der Waals surface area contributed by atoms with E-state index in [1.165, 1.54) is 16.8 Å². The average Bonchev–Trinajstić information content (AvgIpc) is 2.86. The lowest BCUT2D eigenvalue weighted by Gasteiger charge is -2.05. The van der Waals surface area contributed by atoms with Gasteiger partial charge in [0, 0.05) is 12.7 Å². The van der Waals surface area contributed by atoms with Crippen molar-refractivity contribution in [3.8, 4) is 5.69 Å². The van der Waals surface area contributed by atoms with Crippen LogP contribution in [0, 0.1) is 5.82 Å². The number of nitrogens with one attached hydrogen (secondary N) is 1. The van der Waals surface area contributed by atoms with Gasteiger partial charge < -0.3 is 10.4 Å². The lowest BCUT2D eigenvalue weighted by atomic mass is 10.3. The Bertz CT molecular complexity index is 564. The number of amides is 1. The standard InChI is InChI=1S/C13H14FN3O2/c1-9(18)8-15-13(19)12-6-7-17(16-12)11-4-2-10(14)3-5-11/h2-7,9,18H,8H2,1H3,(H,15,19). The maximum Gasteiger partial charge on any atom is 0.271 e. The second-order valence-corrected chi connectivity index (χ2v) is 4.18. The average molecular weight is 263 g/mol. The maximum absolute atomic E-state index is 12.8. The zero-order valence-electron chi connectivity index (χ0n) is 10.4. The molecule has 1 aromatic heterocycles. The molecule has 1 atom stereocenters. The molecule has 0 saturated heterocycles. The smallest absolute Gasteiger partial charge is 0.271 e. The molecule has 5 nitrogen and oxygen atoms in total. The fourth-order valence-corrected chi connectivity index (χ4v) is 1.51. The first kappa shape index (κ1) is 13.2. The molecule has 2 N–H and O–H groups in total. The largest absolute Gasteiger partial charge is 0.392 e. The summed E-state index contributed by atoms with van der Waals surface area (Å²) < 4.78 is 14.3. The molecule has 100 valence electrons. The quantitative estimate of drug-likeness (QED) is 0.868. The molecule has 0 aliphatic carbocycles. The summed E-state index contributed by atoms with van der Waals surface area (Å²) in [6.07, 6.45) is 1.01. The molecular formula is C13H14FN3O2. The minimum atomic E-state index is -0.608. The van der Waals surface area contributed by atoms with Gasteiger partial charge in [-0.2, -0.15) is 5.10 Å². The molecule has 0 radical (unpaired) electrons. The van der Waals surface area contributed by atoms with Crippen molar-refractivity contribution in [1.82, 2.24) is 15.1 Å². The second kappa shape index (κ2) is 5.62. The highest BCUT2D eigenvalue weighted by Gasteiger charge is 2.10. The normalized spacial score (nSPS) is 12.2. The minimum absolute atomic E-state index is 0.169. The van der Waals surface area contributed by atoms with Crippen molar-refractivity contribution in [3.63, 3.8) is 0 Å². The summed E-state index contributed by atoms with van der Waals surface area (Å²) in [5, 5.41) is 15.7. The van der Waals surface area contributed by atoms with Crippen LogP contribution in [0.1, 0.15) is 17.4 Å². The number of rotatable bonds is 4. The number of benzene rings is 1. The van der Waals surface area contributed by atoms with E-state index >= 15 is 0 Å². The molecule has 2 rings (SSSR count). The van der Waals surface area contributed by atoms with E-state index in [1.54, 1.807) is 31.3 Å². The summed E-state index contributed by atoms with van der Waals surface area (Å²) in [6, 6.07) is 7.34. The Morgan fingerprint density at radius 3 is 2.74 bits per heavy atom. The topological polar surface area (TPSA) is 67.2 Å². The fraction of sp³-hybridized carbons (Fsp3) is 0.231. The van der Waals surface area contributed by atoms with E-state index < -0.39 is 6.10 Å². The molecule has 19 heavy (non-hydrogen) atoms. The molecule has 2 aromatic rings. The van der Waals surface area contributed by atoms with E-state index in [0.29, 0.717) is 5.69 Å². The highest BCUT2D eigenvalue weighted by Crippen LogP contribution is 2.08. The molecule has 0 aliphatic heterocycles. The Morgan fingerprint density at radius 2 is 2.11 bits per heavy atom. The molecule has 0 bridgehead atoms. The molecule has 1 aromatic carbocycles. The molecule has 1 amide bonds. The molecule has 0 spiro atoms. The highest BCUT2D eigenvalue weighted by atomic mass is 19.1. The second-order valence-electron chi connectivity index (χ2n) is 4.18. The Labute approximate surface area is 109 Å². The zero-order chi connectivity index (χ0) is 13.8. The van der Waals surface area contributed by atoms with Crippen molar-refractivity contribution in [3.05, 3.63) is 48.0 Å². The fourth-order valence-electron chi connectivity index (χ4n) is 1.51. The van der Waals surface area contributed by atoms with Gasteiger partial charge in [0.1, 0.15) is 5.82 Å². The summed E-state index contributed by atoms with van der Waals surface area (Å²) in [7, 11) is 0. The van der Waals surface area contributed by atoms with Crippen molar-refractivity contribution in [2.24, 2.45) is 0 Å². The third-order valence-corrected chi connectivity index (χ3v) is 2.47. The third kappa shape index (κ3) is 3.38. The third-order valence-electron chi connectivity index (χ3n) is 2.47. The SMILES string of the molecule is CC(O)CNC(=O)c1ccn(-c2ccc(F)cc2)n1. The predicted molar refractivity (Wildman–Crippen MR) is 67.5 cm³/mol. The lowest BCUT2D eigenvalue weighted by molar-refractivity contribution is 0.0918. The van der Waals surface area contributed by atoms with Crippen LogP contribution in [0.25, 0.3) is 5.69 Å². The number of carbonyl (C=O) groups excluding carboxylic acids is 1. The van der Waals surface area contributed by atoms with Crippen LogP contribution in [0.2, 0.25) is 0 Å². The first-order chi connectivity index (χ1) is 9.06. The van der Waals surface area contributed by atoms with Crippen LogP contribution < -0.4 is 5.32 Å². The van der Waals surface area contributed by atoms with Crippen LogP contribution in [0.15, 0.2) is 36.5 Å². The van der Waals surface area contributed by atoms with Gasteiger partial charge in [0.15, 0.2) is 5.69 Å². The molecule has 1 heterocycles. The van der Waals surface area contributed by atoms with Crippen molar-refractivity contribution in [1.29, 1.82) is 0 Å².